The zero-order valence-corrected chi connectivity index (χ0v) is 8.16. The summed E-state index contributed by atoms with van der Waals surface area (Å²) in [6.07, 6.45) is 0.415. The van der Waals surface area contributed by atoms with Gasteiger partial charge in [-0.15, -0.1) is 0 Å². The lowest BCUT2D eigenvalue weighted by atomic mass is 10.1. The van der Waals surface area contributed by atoms with Gasteiger partial charge in [0.2, 0.25) is 0 Å². The largest absolute Gasteiger partial charge is 0.300 e. The molecule has 1 aliphatic carbocycles. The van der Waals surface area contributed by atoms with Gasteiger partial charge >= 0.3 is 0 Å². The van der Waals surface area contributed by atoms with Crippen molar-refractivity contribution in [3.05, 3.63) is 0 Å². The second-order valence-corrected chi connectivity index (χ2v) is 3.62. The number of carbonyl (C=O) groups is 3. The fraction of sp³-hybridized carbons (Fsp3) is 0.700. The van der Waals surface area contributed by atoms with E-state index in [0.717, 1.165) is 0 Å². The highest BCUT2D eigenvalue weighted by Gasteiger charge is 2.58. The summed E-state index contributed by atoms with van der Waals surface area (Å²) < 4.78 is 0. The first-order chi connectivity index (χ1) is 6.00. The van der Waals surface area contributed by atoms with Crippen LogP contribution in [0.3, 0.4) is 0 Å². The van der Waals surface area contributed by atoms with Crippen LogP contribution in [0.25, 0.3) is 0 Å². The number of carbonyl (C=O) groups excluding carboxylic acids is 3. The monoisotopic (exact) mass is 182 g/mol. The molecule has 1 fully saturated rings. The third kappa shape index (κ3) is 1.69. The van der Waals surface area contributed by atoms with Gasteiger partial charge in [0.1, 0.15) is 17.3 Å². The molecular formula is C10H14O3. The Morgan fingerprint density at radius 2 is 1.31 bits per heavy atom. The van der Waals surface area contributed by atoms with E-state index in [1.807, 2.05) is 0 Å². The lowest BCUT2D eigenvalue weighted by molar-refractivity contribution is -0.124. The Balaban J connectivity index is 2.73. The molecule has 0 aromatic rings. The number of hydrogen-bond donors (Lipinski definition) is 0. The summed E-state index contributed by atoms with van der Waals surface area (Å²) in [4.78, 5) is 33.4. The Morgan fingerprint density at radius 3 is 1.54 bits per heavy atom. The van der Waals surface area contributed by atoms with Crippen LogP contribution in [0.4, 0.5) is 0 Å². The molecule has 13 heavy (non-hydrogen) atoms. The highest BCUT2D eigenvalue weighted by Crippen LogP contribution is 2.48. The smallest absolute Gasteiger partial charge is 0.137 e. The normalized spacial score (nSPS) is 31.2. The van der Waals surface area contributed by atoms with Crippen molar-refractivity contribution in [3.8, 4) is 0 Å². The van der Waals surface area contributed by atoms with Crippen molar-refractivity contribution in [1.29, 1.82) is 0 Å². The zero-order chi connectivity index (χ0) is 10.2. The van der Waals surface area contributed by atoms with Crippen LogP contribution in [0.5, 0.6) is 0 Å². The van der Waals surface area contributed by atoms with E-state index in [-0.39, 0.29) is 35.1 Å². The van der Waals surface area contributed by atoms with Gasteiger partial charge in [-0.05, 0) is 13.8 Å². The van der Waals surface area contributed by atoms with Gasteiger partial charge in [-0.3, -0.25) is 14.4 Å². The van der Waals surface area contributed by atoms with Crippen LogP contribution < -0.4 is 0 Å². The molecule has 0 saturated heterocycles. The van der Waals surface area contributed by atoms with Gasteiger partial charge in [0, 0.05) is 24.2 Å². The molecule has 0 amide bonds. The van der Waals surface area contributed by atoms with Crippen molar-refractivity contribution in [3.63, 3.8) is 0 Å². The van der Waals surface area contributed by atoms with E-state index in [9.17, 15) is 14.4 Å². The van der Waals surface area contributed by atoms with Gasteiger partial charge in [0.25, 0.3) is 0 Å². The van der Waals surface area contributed by atoms with Crippen LogP contribution in [-0.4, -0.2) is 17.3 Å². The topological polar surface area (TPSA) is 51.2 Å². The molecule has 0 unspecified atom stereocenters. The van der Waals surface area contributed by atoms with E-state index in [0.29, 0.717) is 6.42 Å². The number of ketones is 3. The maximum Gasteiger partial charge on any atom is 0.137 e. The molecule has 3 heteroatoms. The molecule has 0 aromatic carbocycles. The molecule has 0 radical (unpaired) electrons. The van der Waals surface area contributed by atoms with E-state index in [4.69, 9.17) is 0 Å². The summed E-state index contributed by atoms with van der Waals surface area (Å²) in [5.74, 6) is -0.964. The molecule has 2 atom stereocenters. The van der Waals surface area contributed by atoms with Gasteiger partial charge in [-0.25, -0.2) is 0 Å². The molecule has 1 rings (SSSR count). The lowest BCUT2D eigenvalue weighted by Gasteiger charge is -1.91. The van der Waals surface area contributed by atoms with Crippen molar-refractivity contribution in [1.82, 2.24) is 0 Å². The Bertz CT molecular complexity index is 247. The third-order valence-electron chi connectivity index (χ3n) is 2.68. The van der Waals surface area contributed by atoms with Crippen LogP contribution in [0.1, 0.15) is 27.2 Å². The second kappa shape index (κ2) is 3.40. The molecule has 0 spiro atoms. The summed E-state index contributed by atoms with van der Waals surface area (Å²) in [6.45, 7) is 4.65. The molecule has 0 bridgehead atoms. The zero-order valence-electron chi connectivity index (χ0n) is 8.16. The molecule has 0 heterocycles. The van der Waals surface area contributed by atoms with Crippen molar-refractivity contribution < 1.29 is 14.4 Å². The molecule has 0 aliphatic heterocycles. The fourth-order valence-corrected chi connectivity index (χ4v) is 1.96. The van der Waals surface area contributed by atoms with Crippen LogP contribution in [0, 0.1) is 17.8 Å². The number of Topliss-reactive ketones (excluding diaryl/α,β-unsaturated/α-hetero) is 3. The summed E-state index contributed by atoms with van der Waals surface area (Å²) >= 11 is 0. The van der Waals surface area contributed by atoms with E-state index >= 15 is 0 Å². The Hall–Kier alpha value is -0.990. The molecule has 3 nitrogen and oxygen atoms in total. The quantitative estimate of drug-likeness (QED) is 0.651. The Kier molecular flexibility index (Phi) is 2.64. The maximum absolute atomic E-state index is 11.3. The first-order valence-electron chi connectivity index (χ1n) is 4.54. The van der Waals surface area contributed by atoms with Gasteiger partial charge in [-0.1, -0.05) is 6.92 Å². The van der Waals surface area contributed by atoms with Crippen LogP contribution >= 0.6 is 0 Å². The van der Waals surface area contributed by atoms with E-state index in [1.165, 1.54) is 13.8 Å². The Morgan fingerprint density at radius 1 is 0.923 bits per heavy atom. The summed E-state index contributed by atoms with van der Waals surface area (Å²) in [5.41, 5.74) is 0. The van der Waals surface area contributed by atoms with Gasteiger partial charge in [-0.2, -0.15) is 0 Å². The minimum absolute atomic E-state index is 0.0352. The van der Waals surface area contributed by atoms with Crippen LogP contribution in [0.15, 0.2) is 0 Å². The molecule has 0 aromatic heterocycles. The summed E-state index contributed by atoms with van der Waals surface area (Å²) in [7, 11) is 0. The minimum atomic E-state index is -0.315. The number of hydrogen-bond acceptors (Lipinski definition) is 3. The average molecular weight is 182 g/mol. The standard InChI is InChI=1S/C10H14O3/c1-4-7(13)10-8(5(2)11)9(10)6(3)12/h8-10H,4H2,1-3H3/t8-,9-/m0/s1. The maximum atomic E-state index is 11.3. The lowest BCUT2D eigenvalue weighted by Crippen LogP contribution is -2.04. The van der Waals surface area contributed by atoms with Crippen LogP contribution in [-0.2, 0) is 14.4 Å². The predicted molar refractivity (Wildman–Crippen MR) is 47.1 cm³/mol. The van der Waals surface area contributed by atoms with E-state index in [2.05, 4.69) is 0 Å². The fourth-order valence-electron chi connectivity index (χ4n) is 1.96. The van der Waals surface area contributed by atoms with Crippen molar-refractivity contribution in [2.75, 3.05) is 0 Å². The third-order valence-corrected chi connectivity index (χ3v) is 2.68. The minimum Gasteiger partial charge on any atom is -0.300 e. The first-order valence-corrected chi connectivity index (χ1v) is 4.54. The SMILES string of the molecule is CCC(=O)C1[C@@H](C(C)=O)[C@@H]1C(C)=O. The van der Waals surface area contributed by atoms with Gasteiger partial charge < -0.3 is 0 Å². The second-order valence-electron chi connectivity index (χ2n) is 3.62. The molecule has 1 saturated carbocycles. The van der Waals surface area contributed by atoms with E-state index < -0.39 is 0 Å². The van der Waals surface area contributed by atoms with Crippen LogP contribution in [0.2, 0.25) is 0 Å². The van der Waals surface area contributed by atoms with Gasteiger partial charge in [0.15, 0.2) is 0 Å². The van der Waals surface area contributed by atoms with Crippen molar-refractivity contribution in [2.24, 2.45) is 17.8 Å². The summed E-state index contributed by atoms with van der Waals surface area (Å²) in [6, 6.07) is 0. The number of rotatable bonds is 4. The average Bonchev–Trinajstić information content (AvgIpc) is 2.77. The van der Waals surface area contributed by atoms with Gasteiger partial charge in [0.05, 0.1) is 0 Å². The highest BCUT2D eigenvalue weighted by molar-refractivity contribution is 6.02. The first kappa shape index (κ1) is 10.1. The van der Waals surface area contributed by atoms with Crippen molar-refractivity contribution in [2.45, 2.75) is 27.2 Å². The molecule has 1 aliphatic rings. The highest BCUT2D eigenvalue weighted by atomic mass is 16.1. The molecular weight excluding hydrogens is 168 g/mol. The summed E-state index contributed by atoms with van der Waals surface area (Å²) in [5, 5.41) is 0. The van der Waals surface area contributed by atoms with Crippen molar-refractivity contribution >= 4 is 17.3 Å². The molecule has 72 valence electrons. The molecule has 0 N–H and O–H groups in total. The van der Waals surface area contributed by atoms with E-state index in [1.54, 1.807) is 6.92 Å². The predicted octanol–water partition coefficient (Wildman–Crippen LogP) is 1.01. The Labute approximate surface area is 77.5 Å².